The van der Waals surface area contributed by atoms with Crippen LogP contribution in [0, 0.1) is 11.8 Å². The number of hydrogen-bond acceptors (Lipinski definition) is 0. The third-order valence-corrected chi connectivity index (χ3v) is 3.78. The summed E-state index contributed by atoms with van der Waals surface area (Å²) in [6.07, 6.45) is 17.3. The van der Waals surface area contributed by atoms with E-state index in [4.69, 9.17) is 0 Å². The lowest BCUT2D eigenvalue weighted by Gasteiger charge is -2.07. The second kappa shape index (κ2) is 18.5. The zero-order valence-electron chi connectivity index (χ0n) is 14.8. The molecule has 0 aliphatic rings. The van der Waals surface area contributed by atoms with E-state index in [0.717, 1.165) is 11.8 Å². The normalized spacial score (nSPS) is 13.0. The van der Waals surface area contributed by atoms with Gasteiger partial charge in [0.2, 0.25) is 0 Å². The Morgan fingerprint density at radius 2 is 1.35 bits per heavy atom. The predicted octanol–water partition coefficient (Wildman–Crippen LogP) is 7.56. The van der Waals surface area contributed by atoms with Gasteiger partial charge in [0.1, 0.15) is 0 Å². The fourth-order valence-corrected chi connectivity index (χ4v) is 2.24. The lowest BCUT2D eigenvalue weighted by Crippen LogP contribution is -1.92. The molecular formula is C20H40. The summed E-state index contributed by atoms with van der Waals surface area (Å²) in [7, 11) is 0. The summed E-state index contributed by atoms with van der Waals surface area (Å²) in [4.78, 5) is 0. The average molecular weight is 281 g/mol. The van der Waals surface area contributed by atoms with E-state index in [1.165, 1.54) is 64.2 Å². The maximum atomic E-state index is 3.73. The van der Waals surface area contributed by atoms with Crippen LogP contribution in [0.3, 0.4) is 0 Å². The third kappa shape index (κ3) is 19.8. The monoisotopic (exact) mass is 280 g/mol. The van der Waals surface area contributed by atoms with Crippen LogP contribution in [0.15, 0.2) is 25.3 Å². The van der Waals surface area contributed by atoms with Gasteiger partial charge in [0.15, 0.2) is 0 Å². The smallest absolute Gasteiger partial charge is 0.0328 e. The Morgan fingerprint density at radius 1 is 0.750 bits per heavy atom. The van der Waals surface area contributed by atoms with Crippen LogP contribution in [0.5, 0.6) is 0 Å². The Bertz CT molecular complexity index is 192. The van der Waals surface area contributed by atoms with Crippen molar-refractivity contribution in [1.82, 2.24) is 0 Å². The van der Waals surface area contributed by atoms with Crippen LogP contribution in [-0.2, 0) is 0 Å². The summed E-state index contributed by atoms with van der Waals surface area (Å²) in [6, 6.07) is 0. The first-order valence-electron chi connectivity index (χ1n) is 8.83. The van der Waals surface area contributed by atoms with Crippen molar-refractivity contribution in [3.05, 3.63) is 25.3 Å². The molecule has 2 atom stereocenters. The zero-order chi connectivity index (χ0) is 15.6. The maximum Gasteiger partial charge on any atom is -0.0328 e. The van der Waals surface area contributed by atoms with Gasteiger partial charge in [-0.3, -0.25) is 0 Å². The lowest BCUT2D eigenvalue weighted by molar-refractivity contribution is 0.476. The summed E-state index contributed by atoms with van der Waals surface area (Å²) in [5.41, 5.74) is 0. The van der Waals surface area contributed by atoms with Gasteiger partial charge in [0.05, 0.1) is 0 Å². The standard InChI is InChI=1S/2C10H20/c1-4-6-7-9-10(3)8-5-2;1-4-6-8-10(3)9-7-5-2/h5,10H,2,4,6-9H2,1,3H3;4,10H,1,5-9H2,2-3H3. The highest BCUT2D eigenvalue weighted by atomic mass is 14.0. The topological polar surface area (TPSA) is 0 Å². The highest BCUT2D eigenvalue weighted by molar-refractivity contribution is 4.70. The maximum absolute atomic E-state index is 3.73. The van der Waals surface area contributed by atoms with Crippen LogP contribution < -0.4 is 0 Å². The van der Waals surface area contributed by atoms with Gasteiger partial charge in [-0.2, -0.15) is 0 Å². The number of hydrogen-bond donors (Lipinski definition) is 0. The molecule has 0 heterocycles. The Morgan fingerprint density at radius 3 is 1.85 bits per heavy atom. The summed E-state index contributed by atoms with van der Waals surface area (Å²) >= 11 is 0. The fourth-order valence-electron chi connectivity index (χ4n) is 2.24. The second-order valence-corrected chi connectivity index (χ2v) is 6.24. The first kappa shape index (κ1) is 21.8. The van der Waals surface area contributed by atoms with Crippen molar-refractivity contribution in [2.75, 3.05) is 0 Å². The Hall–Kier alpha value is -0.520. The predicted molar refractivity (Wildman–Crippen MR) is 96.2 cm³/mol. The van der Waals surface area contributed by atoms with Gasteiger partial charge in [-0.15, -0.1) is 13.2 Å². The molecule has 0 saturated heterocycles. The molecule has 0 aromatic heterocycles. The van der Waals surface area contributed by atoms with E-state index < -0.39 is 0 Å². The van der Waals surface area contributed by atoms with E-state index in [1.54, 1.807) is 0 Å². The minimum absolute atomic E-state index is 0.851. The molecule has 20 heavy (non-hydrogen) atoms. The molecule has 120 valence electrons. The van der Waals surface area contributed by atoms with E-state index >= 15 is 0 Å². The van der Waals surface area contributed by atoms with Crippen LogP contribution in [0.4, 0.5) is 0 Å². The summed E-state index contributed by atoms with van der Waals surface area (Å²) in [5, 5.41) is 0. The van der Waals surface area contributed by atoms with Crippen molar-refractivity contribution in [2.45, 2.75) is 91.9 Å². The number of rotatable bonds is 12. The highest BCUT2D eigenvalue weighted by Gasteiger charge is 1.98. The Kier molecular flexibility index (Phi) is 20.1. The first-order valence-corrected chi connectivity index (χ1v) is 8.83. The van der Waals surface area contributed by atoms with Gasteiger partial charge in [-0.05, 0) is 31.1 Å². The van der Waals surface area contributed by atoms with Crippen molar-refractivity contribution < 1.29 is 0 Å². The second-order valence-electron chi connectivity index (χ2n) is 6.24. The molecule has 0 aromatic carbocycles. The first-order chi connectivity index (χ1) is 9.62. The Labute approximate surface area is 129 Å². The molecule has 0 N–H and O–H groups in total. The summed E-state index contributed by atoms with van der Waals surface area (Å²) in [6.45, 7) is 16.6. The zero-order valence-corrected chi connectivity index (χ0v) is 14.8. The minimum atomic E-state index is 0.851. The molecule has 0 radical (unpaired) electrons. The van der Waals surface area contributed by atoms with Gasteiger partial charge < -0.3 is 0 Å². The van der Waals surface area contributed by atoms with E-state index in [2.05, 4.69) is 40.9 Å². The SMILES string of the molecule is C=CCC(C)CCCCC.C=CCCC(C)CCCC. The lowest BCUT2D eigenvalue weighted by atomic mass is 9.99. The highest BCUT2D eigenvalue weighted by Crippen LogP contribution is 2.13. The van der Waals surface area contributed by atoms with E-state index in [0.29, 0.717) is 0 Å². The molecule has 0 aliphatic carbocycles. The van der Waals surface area contributed by atoms with E-state index in [9.17, 15) is 0 Å². The Balaban J connectivity index is 0. The van der Waals surface area contributed by atoms with Gasteiger partial charge in [-0.1, -0.05) is 84.8 Å². The molecule has 0 aliphatic heterocycles. The molecule has 0 fully saturated rings. The van der Waals surface area contributed by atoms with Gasteiger partial charge in [0, 0.05) is 0 Å². The van der Waals surface area contributed by atoms with Crippen molar-refractivity contribution in [1.29, 1.82) is 0 Å². The molecule has 0 aromatic rings. The minimum Gasteiger partial charge on any atom is -0.103 e. The van der Waals surface area contributed by atoms with E-state index in [-0.39, 0.29) is 0 Å². The summed E-state index contributed by atoms with van der Waals surface area (Å²) in [5.74, 6) is 1.75. The molecule has 0 bridgehead atoms. The van der Waals surface area contributed by atoms with Crippen LogP contribution in [-0.4, -0.2) is 0 Å². The summed E-state index contributed by atoms with van der Waals surface area (Å²) < 4.78 is 0. The molecule has 0 amide bonds. The number of unbranched alkanes of at least 4 members (excludes halogenated alkanes) is 3. The molecule has 2 unspecified atom stereocenters. The van der Waals surface area contributed by atoms with Crippen molar-refractivity contribution in [2.24, 2.45) is 11.8 Å². The van der Waals surface area contributed by atoms with E-state index in [1.807, 2.05) is 12.2 Å². The quantitative estimate of drug-likeness (QED) is 0.255. The van der Waals surface area contributed by atoms with Gasteiger partial charge in [0.25, 0.3) is 0 Å². The van der Waals surface area contributed by atoms with Crippen LogP contribution >= 0.6 is 0 Å². The largest absolute Gasteiger partial charge is 0.103 e. The van der Waals surface area contributed by atoms with Crippen LogP contribution in [0.1, 0.15) is 91.9 Å². The van der Waals surface area contributed by atoms with Crippen LogP contribution in [0.2, 0.25) is 0 Å². The molecule has 0 rings (SSSR count). The van der Waals surface area contributed by atoms with Crippen molar-refractivity contribution in [3.63, 3.8) is 0 Å². The molecule has 0 heteroatoms. The molecule has 0 spiro atoms. The number of allylic oxidation sites excluding steroid dienone is 2. The average Bonchev–Trinajstić information content (AvgIpc) is 2.44. The van der Waals surface area contributed by atoms with Gasteiger partial charge in [-0.25, -0.2) is 0 Å². The third-order valence-electron chi connectivity index (χ3n) is 3.78. The molecule has 0 nitrogen and oxygen atoms in total. The fraction of sp³-hybridized carbons (Fsp3) is 0.800. The molecule has 0 saturated carbocycles. The van der Waals surface area contributed by atoms with Crippen molar-refractivity contribution >= 4 is 0 Å². The van der Waals surface area contributed by atoms with Gasteiger partial charge >= 0.3 is 0 Å². The van der Waals surface area contributed by atoms with Crippen LogP contribution in [0.25, 0.3) is 0 Å². The van der Waals surface area contributed by atoms with Crippen molar-refractivity contribution in [3.8, 4) is 0 Å². The molecular weight excluding hydrogens is 240 g/mol.